The lowest BCUT2D eigenvalue weighted by molar-refractivity contribution is -0.113. The Kier molecular flexibility index (Phi) is 9.72. The van der Waals surface area contributed by atoms with E-state index in [2.05, 4.69) is 107 Å². The van der Waals surface area contributed by atoms with Crippen molar-refractivity contribution in [1.29, 1.82) is 0 Å². The molecule has 0 aliphatic heterocycles. The van der Waals surface area contributed by atoms with Crippen molar-refractivity contribution in [3.63, 3.8) is 0 Å². The molecule has 9 atom stereocenters. The van der Waals surface area contributed by atoms with E-state index in [1.165, 1.54) is 69.6 Å². The molecule has 4 aliphatic carbocycles. The molecule has 0 nitrogen and oxygen atoms in total. The van der Waals surface area contributed by atoms with E-state index >= 15 is 0 Å². The molecular weight excluding hydrogens is 541 g/mol. The summed E-state index contributed by atoms with van der Waals surface area (Å²) in [6.07, 6.45) is 18.0. The molecule has 0 heterocycles. The molecule has 2 aromatic rings. The molecule has 2 heteroatoms. The van der Waals surface area contributed by atoms with Crippen molar-refractivity contribution in [1.82, 2.24) is 0 Å². The summed E-state index contributed by atoms with van der Waals surface area (Å²) in [6, 6.07) is 23.0. The standard InChI is InChI=1S/C40H60SSi/c1-29(2)13-12-14-30(3)36-21-22-37-35-20-19-31-27-32(23-25-39(31,4)38(35)24-26-40(36,37)5)41-28-42(33-15-8-6-9-16-33)34-17-10-7-11-18-34/h6-11,15-18,29-32,35-38,42H,12-14,19-28H2,1-5H3/t30-,31?,32-,35+,36-,37+,38+,39+,40-/m1/s1. The maximum atomic E-state index is 2.78. The van der Waals surface area contributed by atoms with Crippen LogP contribution in [0.1, 0.15) is 112 Å². The normalized spacial score (nSPS) is 36.8. The molecule has 6 rings (SSSR count). The van der Waals surface area contributed by atoms with E-state index < -0.39 is 8.80 Å². The topological polar surface area (TPSA) is 0 Å². The van der Waals surface area contributed by atoms with Crippen LogP contribution in [0.5, 0.6) is 0 Å². The highest BCUT2D eigenvalue weighted by Gasteiger charge is 2.60. The van der Waals surface area contributed by atoms with Crippen molar-refractivity contribution in [2.24, 2.45) is 52.3 Å². The Balaban J connectivity index is 1.09. The molecule has 2 aromatic carbocycles. The van der Waals surface area contributed by atoms with Crippen molar-refractivity contribution < 1.29 is 0 Å². The molecule has 0 amide bonds. The van der Waals surface area contributed by atoms with E-state index in [1.807, 2.05) is 0 Å². The molecule has 230 valence electrons. The molecule has 4 saturated carbocycles. The number of benzene rings is 2. The predicted molar refractivity (Wildman–Crippen MR) is 189 cm³/mol. The van der Waals surface area contributed by atoms with Gasteiger partial charge in [-0.2, -0.15) is 11.8 Å². The third-order valence-corrected chi connectivity index (χ3v) is 19.1. The predicted octanol–water partition coefficient (Wildman–Crippen LogP) is 9.79. The summed E-state index contributed by atoms with van der Waals surface area (Å²) in [5, 5.41) is 5.46. The van der Waals surface area contributed by atoms with Crippen LogP contribution in [0, 0.1) is 52.3 Å². The minimum Gasteiger partial charge on any atom is -0.161 e. The lowest BCUT2D eigenvalue weighted by Crippen LogP contribution is -2.54. The Bertz CT molecular complexity index is 1090. The smallest absolute Gasteiger partial charge is 0.112 e. The summed E-state index contributed by atoms with van der Waals surface area (Å²) < 4.78 is 0. The van der Waals surface area contributed by atoms with E-state index in [4.69, 9.17) is 0 Å². The highest BCUT2D eigenvalue weighted by molar-refractivity contribution is 8.01. The van der Waals surface area contributed by atoms with E-state index in [0.717, 1.165) is 46.7 Å². The highest BCUT2D eigenvalue weighted by atomic mass is 32.2. The first-order valence-electron chi connectivity index (χ1n) is 18.0. The highest BCUT2D eigenvalue weighted by Crippen LogP contribution is 2.68. The second kappa shape index (κ2) is 13.2. The van der Waals surface area contributed by atoms with Crippen LogP contribution in [0.15, 0.2) is 60.7 Å². The van der Waals surface area contributed by atoms with Crippen molar-refractivity contribution in [3.05, 3.63) is 60.7 Å². The van der Waals surface area contributed by atoms with Gasteiger partial charge in [-0.05, 0) is 115 Å². The van der Waals surface area contributed by atoms with Crippen LogP contribution in [0.4, 0.5) is 0 Å². The zero-order valence-corrected chi connectivity index (χ0v) is 29.5. The number of hydrogen-bond donors (Lipinski definition) is 0. The van der Waals surface area contributed by atoms with E-state index in [-0.39, 0.29) is 0 Å². The number of hydrogen-bond acceptors (Lipinski definition) is 1. The van der Waals surface area contributed by atoms with Gasteiger partial charge in [-0.3, -0.25) is 0 Å². The second-order valence-electron chi connectivity index (χ2n) is 16.3. The van der Waals surface area contributed by atoms with Gasteiger partial charge >= 0.3 is 0 Å². The summed E-state index contributed by atoms with van der Waals surface area (Å²) in [5.41, 5.74) is 1.24. The first-order chi connectivity index (χ1) is 20.3. The van der Waals surface area contributed by atoms with Gasteiger partial charge in [0.15, 0.2) is 0 Å². The van der Waals surface area contributed by atoms with Crippen LogP contribution < -0.4 is 10.4 Å². The summed E-state index contributed by atoms with van der Waals surface area (Å²) >= 11 is 2.37. The third-order valence-electron chi connectivity index (χ3n) is 13.7. The average Bonchev–Trinajstić information content (AvgIpc) is 3.35. The van der Waals surface area contributed by atoms with E-state index in [0.29, 0.717) is 10.8 Å². The lowest BCUT2D eigenvalue weighted by atomic mass is 9.44. The fraction of sp³-hybridized carbons (Fsp3) is 0.700. The Morgan fingerprint density at radius 1 is 0.738 bits per heavy atom. The van der Waals surface area contributed by atoms with Gasteiger partial charge in [-0.25, -0.2) is 0 Å². The SMILES string of the molecule is CC(C)CCC[C@@H](C)[C@H]1CC[C@H]2[C@@H]3CCC4C[C@H](SC[SiH](c5ccccc5)c5ccccc5)CC[C@]4(C)[C@H]3CC[C@]12C. The van der Waals surface area contributed by atoms with Crippen LogP contribution in [0.3, 0.4) is 0 Å². The monoisotopic (exact) mass is 600 g/mol. The third kappa shape index (κ3) is 6.11. The van der Waals surface area contributed by atoms with Crippen LogP contribution in [0.2, 0.25) is 0 Å². The van der Waals surface area contributed by atoms with Crippen molar-refractivity contribution in [2.75, 3.05) is 5.38 Å². The number of rotatable bonds is 10. The average molecular weight is 601 g/mol. The Labute approximate surface area is 265 Å². The van der Waals surface area contributed by atoms with Gasteiger partial charge in [-0.1, -0.05) is 125 Å². The molecule has 0 radical (unpaired) electrons. The van der Waals surface area contributed by atoms with Crippen LogP contribution in [-0.4, -0.2) is 19.4 Å². The molecule has 0 bridgehead atoms. The van der Waals surface area contributed by atoms with Gasteiger partial charge in [0.1, 0.15) is 8.80 Å². The van der Waals surface area contributed by atoms with Crippen LogP contribution in [0.25, 0.3) is 0 Å². The lowest BCUT2D eigenvalue weighted by Gasteiger charge is -2.61. The second-order valence-corrected chi connectivity index (χ2v) is 21.1. The Morgan fingerprint density at radius 3 is 2.05 bits per heavy atom. The minimum absolute atomic E-state index is 0.609. The van der Waals surface area contributed by atoms with E-state index in [1.54, 1.807) is 23.2 Å². The van der Waals surface area contributed by atoms with Gasteiger partial charge in [0.25, 0.3) is 0 Å². The van der Waals surface area contributed by atoms with E-state index in [9.17, 15) is 0 Å². The van der Waals surface area contributed by atoms with Gasteiger partial charge < -0.3 is 0 Å². The first kappa shape index (κ1) is 31.0. The van der Waals surface area contributed by atoms with Gasteiger partial charge in [0.05, 0.1) is 0 Å². The quantitative estimate of drug-likeness (QED) is 0.245. The fourth-order valence-electron chi connectivity index (χ4n) is 11.4. The van der Waals surface area contributed by atoms with Crippen molar-refractivity contribution >= 4 is 30.9 Å². The van der Waals surface area contributed by atoms with Crippen LogP contribution in [-0.2, 0) is 0 Å². The fourth-order valence-corrected chi connectivity index (χ4v) is 17.2. The van der Waals surface area contributed by atoms with Gasteiger partial charge in [0, 0.05) is 5.25 Å². The molecule has 42 heavy (non-hydrogen) atoms. The van der Waals surface area contributed by atoms with Crippen LogP contribution >= 0.6 is 11.8 Å². The molecule has 1 unspecified atom stereocenters. The molecule has 4 fully saturated rings. The Morgan fingerprint density at radius 2 is 1.38 bits per heavy atom. The molecule has 4 aliphatic rings. The summed E-state index contributed by atoms with van der Waals surface area (Å²) in [4.78, 5) is 0. The maximum Gasteiger partial charge on any atom is 0.112 e. The maximum absolute atomic E-state index is 2.78. The zero-order chi connectivity index (χ0) is 29.3. The molecule has 0 saturated heterocycles. The zero-order valence-electron chi connectivity index (χ0n) is 27.6. The van der Waals surface area contributed by atoms with Crippen molar-refractivity contribution in [2.45, 2.75) is 117 Å². The van der Waals surface area contributed by atoms with Gasteiger partial charge in [0.2, 0.25) is 0 Å². The minimum atomic E-state index is -1.19. The molecule has 0 spiro atoms. The Hall–Kier alpha value is -0.993. The van der Waals surface area contributed by atoms with Gasteiger partial charge in [-0.15, -0.1) is 0 Å². The number of thioether (sulfide) groups is 1. The number of fused-ring (bicyclic) bond motifs is 5. The van der Waals surface area contributed by atoms with Crippen molar-refractivity contribution in [3.8, 4) is 0 Å². The summed E-state index contributed by atoms with van der Waals surface area (Å²) in [7, 11) is -1.19. The summed E-state index contributed by atoms with van der Waals surface area (Å²) in [6.45, 7) is 13.0. The molecule has 0 N–H and O–H groups in total. The largest absolute Gasteiger partial charge is 0.161 e. The molecular formula is C40H60SSi. The molecule has 0 aromatic heterocycles. The first-order valence-corrected chi connectivity index (χ1v) is 21.0. The summed E-state index contributed by atoms with van der Waals surface area (Å²) in [5.74, 6) is 6.78.